The molecule has 5 N–H and O–H groups in total. The van der Waals surface area contributed by atoms with E-state index in [-0.39, 0.29) is 78.8 Å². The van der Waals surface area contributed by atoms with E-state index in [1.807, 2.05) is 23.9 Å². The van der Waals surface area contributed by atoms with Crippen molar-refractivity contribution in [1.29, 1.82) is 0 Å². The molecule has 2 saturated heterocycles. The Morgan fingerprint density at radius 3 is 2.52 bits per heavy atom. The van der Waals surface area contributed by atoms with Crippen LogP contribution in [0.15, 0.2) is 30.5 Å². The van der Waals surface area contributed by atoms with Gasteiger partial charge in [0.15, 0.2) is 0 Å². The molecule has 3 unspecified atom stereocenters. The van der Waals surface area contributed by atoms with Gasteiger partial charge in [-0.25, -0.2) is 9.48 Å². The summed E-state index contributed by atoms with van der Waals surface area (Å²) in [5.74, 6) is 1.14. The number of aromatic hydroxyl groups is 1. The molecular weight excluding hydrogens is 860 g/mol. The fourth-order valence-corrected chi connectivity index (χ4v) is 6.31. The number of benzene rings is 1. The van der Waals surface area contributed by atoms with E-state index < -0.39 is 0 Å². The number of thioether (sulfide) groups is 1. The number of rotatable bonds is 15. The van der Waals surface area contributed by atoms with Crippen LogP contribution in [0.5, 0.6) is 5.75 Å². The number of urea groups is 1. The van der Waals surface area contributed by atoms with E-state index in [4.69, 9.17) is 0 Å². The second-order valence-corrected chi connectivity index (χ2v) is 11.1. The molecule has 4 amide bonds. The minimum absolute atomic E-state index is 0. The van der Waals surface area contributed by atoms with Crippen molar-refractivity contribution in [2.75, 3.05) is 18.8 Å². The van der Waals surface area contributed by atoms with Gasteiger partial charge in [-0.15, -0.1) is 17.5 Å². The van der Waals surface area contributed by atoms with E-state index in [1.165, 1.54) is 4.68 Å². The molecule has 3 heterocycles. The summed E-state index contributed by atoms with van der Waals surface area (Å²) in [7, 11) is 0. The van der Waals surface area contributed by atoms with Crippen molar-refractivity contribution in [3.05, 3.63) is 41.7 Å². The number of aromatic nitrogens is 3. The molecule has 0 aliphatic carbocycles. The molecule has 42 heavy (non-hydrogen) atoms. The van der Waals surface area contributed by atoms with Crippen molar-refractivity contribution in [2.45, 2.75) is 82.7 Å². The monoisotopic (exact) mass is 897 g/mol. The first kappa shape index (κ1) is 38.5. The number of unbranched alkanes of at least 4 members (excludes halogenated alkanes) is 2. The number of phenols is 1. The van der Waals surface area contributed by atoms with E-state index in [2.05, 4.69) is 31.6 Å². The molecule has 1 aromatic heterocycles. The molecule has 2 aliphatic heterocycles. The summed E-state index contributed by atoms with van der Waals surface area (Å²) in [6, 6.07) is 7.34. The summed E-state index contributed by atoms with van der Waals surface area (Å²) in [4.78, 5) is 35.7. The molecule has 2 aromatic rings. The second-order valence-electron chi connectivity index (χ2n) is 9.85. The van der Waals surface area contributed by atoms with Gasteiger partial charge in [-0.1, -0.05) is 31.2 Å². The zero-order valence-electron chi connectivity index (χ0n) is 22.6. The van der Waals surface area contributed by atoms with Crippen LogP contribution in [-0.2, 0) is 45.8 Å². The van der Waals surface area contributed by atoms with Crippen LogP contribution in [0.1, 0.15) is 57.2 Å². The number of halogens is 1. The largest absolute Gasteiger partial charge is 0.508 e. The number of amides is 4. The number of phenolic OH excluding ortho intramolecular Hbond substituents is 1. The summed E-state index contributed by atoms with van der Waals surface area (Å²) in [5, 5.41) is 29.7. The number of carbonyl (C=O) groups is 3. The van der Waals surface area contributed by atoms with Crippen LogP contribution in [0.4, 0.5) is 4.79 Å². The second kappa shape index (κ2) is 19.6. The van der Waals surface area contributed by atoms with Crippen LogP contribution < -0.4 is 21.3 Å². The minimum Gasteiger partial charge on any atom is -0.508 e. The van der Waals surface area contributed by atoms with Gasteiger partial charge in [0, 0.05) is 53.5 Å². The third-order valence-electron chi connectivity index (χ3n) is 6.83. The maximum Gasteiger partial charge on any atom is 0.315 e. The Hall–Kier alpha value is -3.48. The maximum atomic E-state index is 12.1. The van der Waals surface area contributed by atoms with Crippen LogP contribution in [0, 0.1) is 0 Å². The molecule has 1 aromatic carbocycles. The molecule has 4 rings (SSSR count). The zero-order chi connectivity index (χ0) is 26.7. The van der Waals surface area contributed by atoms with Gasteiger partial charge >= 0.3 is 6.03 Å². The average Bonchev–Trinajstić information content (AvgIpc) is 3.59. The van der Waals surface area contributed by atoms with Gasteiger partial charge in [0.2, 0.25) is 11.8 Å². The van der Waals surface area contributed by atoms with Gasteiger partial charge in [0.05, 0.1) is 17.8 Å². The van der Waals surface area contributed by atoms with Crippen molar-refractivity contribution in [3.63, 3.8) is 0 Å². The predicted octanol–water partition coefficient (Wildman–Crippen LogP) is 2.56. The van der Waals surface area contributed by atoms with Crippen molar-refractivity contribution >= 4 is 42.0 Å². The number of carbonyl (C=O) groups excluding carboxylic acids is 3. The van der Waals surface area contributed by atoms with Crippen molar-refractivity contribution in [3.8, 4) is 5.75 Å². The summed E-state index contributed by atoms with van der Waals surface area (Å²) < 4.78 is 1.54. The van der Waals surface area contributed by atoms with Gasteiger partial charge in [-0.2, -0.15) is 11.8 Å². The number of fused-ring (bicyclic) bond motifs is 1. The van der Waals surface area contributed by atoms with Crippen molar-refractivity contribution in [2.24, 2.45) is 0 Å². The standard InChI is InChI=1S/C26H37N7O4S.CH4.ClH.Cm.Co/c34-20-10-8-18(9-11-20)12-14-28-24(36)16-33-15-19(31-32-33)5-3-4-13-27-23(35)7-2-1-6-22-25-21(17-38-22)29-26(37)30-25;;;;/h8-11,15,21-22,25,34H,1-7,12-14,16-17H2,(H,27,35)(H,28,36)(H2,29,30,37);1H4;1H;;. The minimum atomic E-state index is -0.128. The van der Waals surface area contributed by atoms with E-state index in [0.717, 1.165) is 55.5 Å². The first-order valence-corrected chi connectivity index (χ1v) is 14.4. The van der Waals surface area contributed by atoms with Crippen LogP contribution in [0.3, 0.4) is 0 Å². The Kier molecular flexibility index (Phi) is 18.0. The average molecular weight is 902 g/mol. The summed E-state index contributed by atoms with van der Waals surface area (Å²) in [6.07, 6.45) is 8.32. The Morgan fingerprint density at radius 2 is 1.76 bits per heavy atom. The first-order valence-electron chi connectivity index (χ1n) is 13.4. The topological polar surface area (TPSA) is 150 Å². The van der Waals surface area contributed by atoms with Gasteiger partial charge in [0.1, 0.15) is 12.3 Å². The molecule has 0 saturated carbocycles. The third kappa shape index (κ3) is 12.2. The molecule has 0 bridgehead atoms. The van der Waals surface area contributed by atoms with Crippen LogP contribution >= 0.6 is 24.2 Å². The van der Waals surface area contributed by atoms with Gasteiger partial charge in [-0.3, -0.25) is 9.59 Å². The molecule has 3 atom stereocenters. The Bertz CT molecular complexity index is 1100. The quantitative estimate of drug-likeness (QED) is 0.136. The van der Waals surface area contributed by atoms with Gasteiger partial charge < -0.3 is 26.4 Å². The Balaban J connectivity index is 0.00000420. The molecule has 1 radical (unpaired) electrons. The summed E-state index contributed by atoms with van der Waals surface area (Å²) in [5.41, 5.74) is 1.87. The molecule has 0 spiro atoms. The van der Waals surface area contributed by atoms with Gasteiger partial charge in [0.25, 0.3) is 0 Å². The van der Waals surface area contributed by atoms with Crippen LogP contribution in [0.2, 0.25) is 0 Å². The maximum absolute atomic E-state index is 12.1. The fraction of sp³-hybridized carbons (Fsp3) is 0.593. The van der Waals surface area contributed by atoms with E-state index in [1.54, 1.807) is 18.3 Å². The van der Waals surface area contributed by atoms with E-state index in [9.17, 15) is 19.5 Å². The third-order valence-corrected chi connectivity index (χ3v) is 8.34. The molecule has 2 aliphatic rings. The van der Waals surface area contributed by atoms with E-state index >= 15 is 0 Å². The molecular formula is C27H42ClCmCoN7O4S. The fourth-order valence-electron chi connectivity index (χ4n) is 4.76. The Morgan fingerprint density at radius 1 is 1.02 bits per heavy atom. The smallest absolute Gasteiger partial charge is 0.315 e. The Labute approximate surface area is 262 Å². The number of hydrogen-bond donors (Lipinski definition) is 5. The number of hydrogen-bond acceptors (Lipinski definition) is 7. The SMILES string of the molecule is C.Cl.O=C(CCCCC1SCC2NC(=O)NC21)NCCCCc1cn(CC(=O)NCCc2ccc(O)cc2)nn1.[Cm].[Co]. The zero-order valence-corrected chi connectivity index (χ0v) is 28.2. The normalized spacial score (nSPS) is 18.1. The number of aryl methyl sites for hydroxylation is 1. The number of nitrogens with one attached hydrogen (secondary N) is 4. The summed E-state index contributed by atoms with van der Waals surface area (Å²) >= 11 is 1.90. The first-order chi connectivity index (χ1) is 18.5. The predicted molar refractivity (Wildman–Crippen MR) is 159 cm³/mol. The van der Waals surface area contributed by atoms with Gasteiger partial charge in [-0.05, 0) is 56.2 Å². The van der Waals surface area contributed by atoms with Crippen molar-refractivity contribution < 1.29 is 36.3 Å². The summed E-state index contributed by atoms with van der Waals surface area (Å²) in [6.45, 7) is 1.26. The van der Waals surface area contributed by atoms with Crippen LogP contribution in [0.25, 0.3) is 0 Å². The molecule has 15 heteroatoms. The van der Waals surface area contributed by atoms with Crippen LogP contribution in [-0.4, -0.2) is 74.1 Å². The number of nitrogens with zero attached hydrogens (tertiary/aromatic N) is 3. The van der Waals surface area contributed by atoms with E-state index in [0.29, 0.717) is 31.2 Å². The molecule has 2 fully saturated rings. The molecule has 239 valence electrons. The molecule has 11 nitrogen and oxygen atoms in total. The van der Waals surface area contributed by atoms with Crippen molar-refractivity contribution in [1.82, 2.24) is 36.3 Å².